The van der Waals surface area contributed by atoms with Crippen LogP contribution in [-0.2, 0) is 6.42 Å². The van der Waals surface area contributed by atoms with E-state index in [0.717, 1.165) is 38.2 Å². The summed E-state index contributed by atoms with van der Waals surface area (Å²) >= 11 is 0. The highest BCUT2D eigenvalue weighted by Gasteiger charge is 2.46. The zero-order chi connectivity index (χ0) is 16.5. The van der Waals surface area contributed by atoms with Crippen LogP contribution < -0.4 is 5.32 Å². The van der Waals surface area contributed by atoms with Crippen LogP contribution >= 0.6 is 0 Å². The number of fused-ring (bicyclic) bond motifs is 1. The normalized spacial score (nSPS) is 26.4. The quantitative estimate of drug-likeness (QED) is 0.942. The number of carbonyl (C=O) groups is 1. The lowest BCUT2D eigenvalue weighted by atomic mass is 9.82. The molecule has 0 saturated carbocycles. The van der Waals surface area contributed by atoms with Crippen LogP contribution in [0.15, 0.2) is 40.9 Å². The van der Waals surface area contributed by atoms with Crippen LogP contribution in [0, 0.1) is 5.92 Å². The Morgan fingerprint density at radius 2 is 2.21 bits per heavy atom. The predicted molar refractivity (Wildman–Crippen MR) is 90.9 cm³/mol. The maximum Gasteiger partial charge on any atom is 0.292 e. The molecule has 0 unspecified atom stereocenters. The van der Waals surface area contributed by atoms with Gasteiger partial charge in [-0.05, 0) is 24.9 Å². The minimum absolute atomic E-state index is 0.0162. The van der Waals surface area contributed by atoms with Crippen molar-refractivity contribution >= 4 is 5.91 Å². The van der Waals surface area contributed by atoms with E-state index in [2.05, 4.69) is 34.7 Å². The van der Waals surface area contributed by atoms with Crippen molar-refractivity contribution in [1.29, 1.82) is 0 Å². The highest BCUT2D eigenvalue weighted by Crippen LogP contribution is 2.40. The number of aryl methyl sites for hydroxylation is 1. The van der Waals surface area contributed by atoms with E-state index >= 15 is 0 Å². The summed E-state index contributed by atoms with van der Waals surface area (Å²) in [5, 5.41) is 7.47. The zero-order valence-corrected chi connectivity index (χ0v) is 13.9. The number of carbonyl (C=O) groups excluding carboxylic acids is 1. The molecule has 1 N–H and O–H groups in total. The van der Waals surface area contributed by atoms with Gasteiger partial charge in [0.05, 0.1) is 5.69 Å². The van der Waals surface area contributed by atoms with Crippen LogP contribution in [0.1, 0.15) is 41.1 Å². The topological polar surface area (TPSA) is 58.4 Å². The minimum atomic E-state index is -0.0162. The van der Waals surface area contributed by atoms with Crippen LogP contribution in [0.2, 0.25) is 0 Å². The van der Waals surface area contributed by atoms with Crippen molar-refractivity contribution in [1.82, 2.24) is 15.4 Å². The average Bonchev–Trinajstić information content (AvgIpc) is 3.27. The van der Waals surface area contributed by atoms with Gasteiger partial charge in [-0.1, -0.05) is 42.4 Å². The molecule has 0 aliphatic carbocycles. The highest BCUT2D eigenvalue weighted by molar-refractivity contribution is 5.92. The Kier molecular flexibility index (Phi) is 4.10. The Bertz CT molecular complexity index is 712. The number of hydrogen-bond acceptors (Lipinski definition) is 4. The number of hydrogen-bond donors (Lipinski definition) is 1. The van der Waals surface area contributed by atoms with Gasteiger partial charge in [-0.25, -0.2) is 0 Å². The van der Waals surface area contributed by atoms with Gasteiger partial charge in [0.25, 0.3) is 5.91 Å². The molecule has 0 radical (unpaired) electrons. The first-order valence-electron chi connectivity index (χ1n) is 8.80. The molecule has 24 heavy (non-hydrogen) atoms. The number of nitrogens with one attached hydrogen (secondary N) is 1. The third-order valence-corrected chi connectivity index (χ3v) is 5.42. The molecule has 126 valence electrons. The van der Waals surface area contributed by atoms with Crippen LogP contribution in [-0.4, -0.2) is 41.6 Å². The Balaban J connectivity index is 1.62. The van der Waals surface area contributed by atoms with Gasteiger partial charge < -0.3 is 14.7 Å². The summed E-state index contributed by atoms with van der Waals surface area (Å²) < 4.78 is 5.29. The van der Waals surface area contributed by atoms with Crippen LogP contribution in [0.4, 0.5) is 0 Å². The lowest BCUT2D eigenvalue weighted by Crippen LogP contribution is -2.46. The molecule has 1 aromatic heterocycles. The maximum absolute atomic E-state index is 13.0. The zero-order valence-electron chi connectivity index (χ0n) is 13.9. The van der Waals surface area contributed by atoms with Crippen LogP contribution in [0.5, 0.6) is 0 Å². The van der Waals surface area contributed by atoms with Gasteiger partial charge in [0, 0.05) is 37.0 Å². The van der Waals surface area contributed by atoms with Crippen molar-refractivity contribution in [2.24, 2.45) is 5.92 Å². The fraction of sp³-hybridized carbons (Fsp3) is 0.474. The third kappa shape index (κ3) is 2.63. The molecule has 2 fully saturated rings. The molecule has 5 nitrogen and oxygen atoms in total. The summed E-state index contributed by atoms with van der Waals surface area (Å²) in [4.78, 5) is 15.0. The summed E-state index contributed by atoms with van der Waals surface area (Å²) in [5.74, 6) is 1.19. The van der Waals surface area contributed by atoms with Gasteiger partial charge in [0.15, 0.2) is 0 Å². The molecule has 5 heteroatoms. The van der Waals surface area contributed by atoms with Crippen molar-refractivity contribution in [2.75, 3.05) is 19.6 Å². The van der Waals surface area contributed by atoms with Gasteiger partial charge in [-0.2, -0.15) is 0 Å². The van der Waals surface area contributed by atoms with E-state index in [-0.39, 0.29) is 11.9 Å². The molecule has 4 rings (SSSR count). The summed E-state index contributed by atoms with van der Waals surface area (Å²) in [7, 11) is 0. The molecule has 1 aromatic carbocycles. The molecule has 2 aliphatic rings. The predicted octanol–water partition coefficient (Wildman–Crippen LogP) is 2.45. The molecular formula is C19H23N3O2. The van der Waals surface area contributed by atoms with Crippen molar-refractivity contribution in [3.05, 3.63) is 53.4 Å². The lowest BCUT2D eigenvalue weighted by Gasteiger charge is -2.32. The van der Waals surface area contributed by atoms with E-state index in [4.69, 9.17) is 4.52 Å². The number of piperidine rings is 1. The molecule has 3 heterocycles. The summed E-state index contributed by atoms with van der Waals surface area (Å²) in [6.07, 6.45) is 1.77. The molecule has 0 spiro atoms. The van der Waals surface area contributed by atoms with Crippen molar-refractivity contribution in [3.63, 3.8) is 0 Å². The van der Waals surface area contributed by atoms with Gasteiger partial charge in [-0.15, -0.1) is 0 Å². The number of likely N-dealkylation sites (tertiary alicyclic amines) is 1. The van der Waals surface area contributed by atoms with E-state index in [1.54, 1.807) is 6.07 Å². The Hall–Kier alpha value is -2.14. The first-order chi connectivity index (χ1) is 11.8. The van der Waals surface area contributed by atoms with E-state index in [1.165, 1.54) is 5.56 Å². The molecule has 0 bridgehead atoms. The largest absolute Gasteiger partial charge is 0.351 e. The van der Waals surface area contributed by atoms with Crippen LogP contribution in [0.25, 0.3) is 0 Å². The molecule has 2 aromatic rings. The summed E-state index contributed by atoms with van der Waals surface area (Å²) in [5.41, 5.74) is 2.15. The fourth-order valence-electron chi connectivity index (χ4n) is 4.16. The number of aromatic nitrogens is 1. The maximum atomic E-state index is 13.0. The number of benzene rings is 1. The first-order valence-corrected chi connectivity index (χ1v) is 8.80. The Morgan fingerprint density at radius 3 is 2.96 bits per heavy atom. The molecule has 2 saturated heterocycles. The van der Waals surface area contributed by atoms with E-state index in [0.29, 0.717) is 17.6 Å². The fourth-order valence-corrected chi connectivity index (χ4v) is 4.16. The molecule has 3 atom stereocenters. The summed E-state index contributed by atoms with van der Waals surface area (Å²) in [6, 6.07) is 12.6. The van der Waals surface area contributed by atoms with E-state index in [1.807, 2.05) is 17.9 Å². The average molecular weight is 325 g/mol. The standard InChI is InChI=1S/C19H23N3O2/c1-2-14-10-18(24-21-14)19(23)22-12-16(13-6-4-3-5-7-13)15-11-20-9-8-17(15)22/h3-7,10,15-17,20H,2,8-9,11-12H2,1H3/t15-,16-,17-/m1/s1. The van der Waals surface area contributed by atoms with E-state index in [9.17, 15) is 4.79 Å². The van der Waals surface area contributed by atoms with Crippen molar-refractivity contribution in [2.45, 2.75) is 31.7 Å². The molecule has 1 amide bonds. The minimum Gasteiger partial charge on any atom is -0.351 e. The highest BCUT2D eigenvalue weighted by atomic mass is 16.5. The van der Waals surface area contributed by atoms with Crippen molar-refractivity contribution in [3.8, 4) is 0 Å². The van der Waals surface area contributed by atoms with Crippen molar-refractivity contribution < 1.29 is 9.32 Å². The molecular weight excluding hydrogens is 302 g/mol. The monoisotopic (exact) mass is 325 g/mol. The summed E-state index contributed by atoms with van der Waals surface area (Å²) in [6.45, 7) is 4.69. The van der Waals surface area contributed by atoms with Gasteiger partial charge in [0.2, 0.25) is 5.76 Å². The molecule has 2 aliphatic heterocycles. The number of nitrogens with zero attached hydrogens (tertiary/aromatic N) is 2. The van der Waals surface area contributed by atoms with Gasteiger partial charge >= 0.3 is 0 Å². The first kappa shape index (κ1) is 15.4. The second-order valence-electron chi connectivity index (χ2n) is 6.73. The number of rotatable bonds is 3. The Morgan fingerprint density at radius 1 is 1.38 bits per heavy atom. The smallest absolute Gasteiger partial charge is 0.292 e. The lowest BCUT2D eigenvalue weighted by molar-refractivity contribution is 0.0655. The van der Waals surface area contributed by atoms with Crippen LogP contribution in [0.3, 0.4) is 0 Å². The number of amides is 1. The van der Waals surface area contributed by atoms with E-state index < -0.39 is 0 Å². The van der Waals surface area contributed by atoms with Gasteiger partial charge in [-0.3, -0.25) is 4.79 Å². The third-order valence-electron chi connectivity index (χ3n) is 5.42. The SMILES string of the molecule is CCc1cc(C(=O)N2C[C@H](c3ccccc3)[C@H]3CNCC[C@H]32)on1. The second kappa shape index (κ2) is 6.40. The Labute approximate surface area is 142 Å². The second-order valence-corrected chi connectivity index (χ2v) is 6.73. The van der Waals surface area contributed by atoms with Gasteiger partial charge in [0.1, 0.15) is 0 Å².